The van der Waals surface area contributed by atoms with Crippen LogP contribution in [0.25, 0.3) is 0 Å². The Morgan fingerprint density at radius 2 is 2.24 bits per heavy atom. The summed E-state index contributed by atoms with van der Waals surface area (Å²) in [7, 11) is 0. The van der Waals surface area contributed by atoms with Gasteiger partial charge in [-0.25, -0.2) is 0 Å². The zero-order valence-corrected chi connectivity index (χ0v) is 9.51. The van der Waals surface area contributed by atoms with Crippen molar-refractivity contribution in [2.24, 2.45) is 11.7 Å². The second-order valence-electron chi connectivity index (χ2n) is 4.25. The van der Waals surface area contributed by atoms with Gasteiger partial charge in [-0.05, 0) is 18.6 Å². The molecule has 1 unspecified atom stereocenters. The number of aryl methyl sites for hydroxylation is 1. The van der Waals surface area contributed by atoms with Crippen molar-refractivity contribution < 1.29 is 14.7 Å². The molecule has 5 heteroatoms. The van der Waals surface area contributed by atoms with Gasteiger partial charge in [0.2, 0.25) is 11.8 Å². The van der Waals surface area contributed by atoms with Gasteiger partial charge in [0.15, 0.2) is 0 Å². The minimum Gasteiger partial charge on any atom is -0.506 e. The van der Waals surface area contributed by atoms with Gasteiger partial charge in [-0.1, -0.05) is 12.1 Å². The molecule has 1 aromatic rings. The first-order chi connectivity index (χ1) is 8.00. The Morgan fingerprint density at radius 1 is 1.53 bits per heavy atom. The molecule has 1 fully saturated rings. The molecule has 2 rings (SSSR count). The van der Waals surface area contributed by atoms with Crippen LogP contribution in [-0.4, -0.2) is 23.5 Å². The lowest BCUT2D eigenvalue weighted by atomic mass is 10.1. The fraction of sp³-hybridized carbons (Fsp3) is 0.333. The molecule has 0 bridgehead atoms. The molecule has 0 saturated carbocycles. The number of rotatable bonds is 2. The molecule has 90 valence electrons. The van der Waals surface area contributed by atoms with Crippen molar-refractivity contribution in [3.63, 3.8) is 0 Å². The van der Waals surface area contributed by atoms with E-state index in [2.05, 4.69) is 0 Å². The molecule has 1 atom stereocenters. The van der Waals surface area contributed by atoms with Crippen molar-refractivity contribution in [1.29, 1.82) is 0 Å². The molecule has 17 heavy (non-hydrogen) atoms. The van der Waals surface area contributed by atoms with Crippen LogP contribution in [0.4, 0.5) is 5.69 Å². The smallest absolute Gasteiger partial charge is 0.227 e. The monoisotopic (exact) mass is 234 g/mol. The van der Waals surface area contributed by atoms with Gasteiger partial charge >= 0.3 is 0 Å². The minimum absolute atomic E-state index is 0.0449. The fourth-order valence-corrected chi connectivity index (χ4v) is 2.11. The maximum Gasteiger partial charge on any atom is 0.227 e. The SMILES string of the molecule is Cc1cccc(O)c1N1CC(C(N)=O)CC1=O. The summed E-state index contributed by atoms with van der Waals surface area (Å²) in [6.45, 7) is 2.05. The van der Waals surface area contributed by atoms with E-state index in [1.807, 2.05) is 0 Å². The number of anilines is 1. The van der Waals surface area contributed by atoms with E-state index in [1.54, 1.807) is 19.1 Å². The van der Waals surface area contributed by atoms with Gasteiger partial charge in [-0.3, -0.25) is 9.59 Å². The van der Waals surface area contributed by atoms with Gasteiger partial charge in [0.1, 0.15) is 5.75 Å². The molecule has 1 aliphatic rings. The van der Waals surface area contributed by atoms with E-state index < -0.39 is 11.8 Å². The van der Waals surface area contributed by atoms with Crippen molar-refractivity contribution in [1.82, 2.24) is 0 Å². The largest absolute Gasteiger partial charge is 0.506 e. The maximum atomic E-state index is 11.8. The lowest BCUT2D eigenvalue weighted by Crippen LogP contribution is -2.28. The van der Waals surface area contributed by atoms with Crippen molar-refractivity contribution >= 4 is 17.5 Å². The van der Waals surface area contributed by atoms with Gasteiger partial charge in [-0.15, -0.1) is 0 Å². The van der Waals surface area contributed by atoms with Gasteiger partial charge in [0.05, 0.1) is 11.6 Å². The number of carbonyl (C=O) groups is 2. The van der Waals surface area contributed by atoms with E-state index in [4.69, 9.17) is 5.73 Å². The molecule has 1 aromatic carbocycles. The average Bonchev–Trinajstić information content (AvgIpc) is 2.61. The van der Waals surface area contributed by atoms with E-state index in [9.17, 15) is 14.7 Å². The summed E-state index contributed by atoms with van der Waals surface area (Å²) in [4.78, 5) is 24.3. The number of para-hydroxylation sites is 1. The number of amides is 2. The normalized spacial score (nSPS) is 19.7. The number of phenols is 1. The highest BCUT2D eigenvalue weighted by molar-refractivity contribution is 6.01. The summed E-state index contributed by atoms with van der Waals surface area (Å²) < 4.78 is 0. The Bertz CT molecular complexity index is 464. The molecule has 1 heterocycles. The molecule has 2 amide bonds. The summed E-state index contributed by atoms with van der Waals surface area (Å²) in [5, 5.41) is 9.78. The number of hydrogen-bond donors (Lipinski definition) is 2. The molecule has 3 N–H and O–H groups in total. The van der Waals surface area contributed by atoms with E-state index in [0.29, 0.717) is 5.69 Å². The highest BCUT2D eigenvalue weighted by Crippen LogP contribution is 2.34. The Labute approximate surface area is 98.8 Å². The zero-order chi connectivity index (χ0) is 12.6. The van der Waals surface area contributed by atoms with Crippen LogP contribution in [0.2, 0.25) is 0 Å². The third kappa shape index (κ3) is 1.95. The van der Waals surface area contributed by atoms with Crippen LogP contribution in [0.15, 0.2) is 18.2 Å². The van der Waals surface area contributed by atoms with E-state index in [1.165, 1.54) is 11.0 Å². The van der Waals surface area contributed by atoms with Crippen LogP contribution < -0.4 is 10.6 Å². The molecular formula is C12H14N2O3. The zero-order valence-electron chi connectivity index (χ0n) is 9.51. The van der Waals surface area contributed by atoms with Crippen molar-refractivity contribution in [2.75, 3.05) is 11.4 Å². The first-order valence-corrected chi connectivity index (χ1v) is 5.39. The molecule has 1 saturated heterocycles. The minimum atomic E-state index is -0.478. The van der Waals surface area contributed by atoms with Gasteiger partial charge in [0.25, 0.3) is 0 Å². The van der Waals surface area contributed by atoms with Crippen molar-refractivity contribution in [3.8, 4) is 5.75 Å². The van der Waals surface area contributed by atoms with Crippen LogP contribution in [-0.2, 0) is 9.59 Å². The molecule has 0 radical (unpaired) electrons. The van der Waals surface area contributed by atoms with Crippen molar-refractivity contribution in [3.05, 3.63) is 23.8 Å². The average molecular weight is 234 g/mol. The molecule has 5 nitrogen and oxygen atoms in total. The quantitative estimate of drug-likeness (QED) is 0.783. The van der Waals surface area contributed by atoms with E-state index in [-0.39, 0.29) is 24.6 Å². The van der Waals surface area contributed by atoms with E-state index >= 15 is 0 Å². The lowest BCUT2D eigenvalue weighted by molar-refractivity contribution is -0.123. The number of benzene rings is 1. The summed E-state index contributed by atoms with van der Waals surface area (Å²) in [6, 6.07) is 5.04. The first-order valence-electron chi connectivity index (χ1n) is 5.39. The van der Waals surface area contributed by atoms with Crippen LogP contribution in [0.3, 0.4) is 0 Å². The molecule has 0 spiro atoms. The summed E-state index contributed by atoms with van der Waals surface area (Å²) in [5.74, 6) is -1.09. The Kier molecular flexibility index (Phi) is 2.75. The highest BCUT2D eigenvalue weighted by atomic mass is 16.3. The molecular weight excluding hydrogens is 220 g/mol. The number of hydrogen-bond acceptors (Lipinski definition) is 3. The van der Waals surface area contributed by atoms with Gasteiger partial charge in [0, 0.05) is 13.0 Å². The molecule has 1 aliphatic heterocycles. The number of nitrogens with zero attached hydrogens (tertiary/aromatic N) is 1. The lowest BCUT2D eigenvalue weighted by Gasteiger charge is -2.19. The van der Waals surface area contributed by atoms with Gasteiger partial charge in [-0.2, -0.15) is 0 Å². The summed E-state index contributed by atoms with van der Waals surface area (Å²) in [6.07, 6.45) is 0.114. The topological polar surface area (TPSA) is 83.6 Å². The first kappa shape index (κ1) is 11.4. The number of phenolic OH excluding ortho intramolecular Hbond substituents is 1. The van der Waals surface area contributed by atoms with Crippen LogP contribution in [0, 0.1) is 12.8 Å². The van der Waals surface area contributed by atoms with Crippen LogP contribution in [0.1, 0.15) is 12.0 Å². The number of primary amides is 1. The Hall–Kier alpha value is -2.04. The predicted octanol–water partition coefficient (Wildman–Crippen LogP) is 0.539. The predicted molar refractivity (Wildman–Crippen MR) is 62.5 cm³/mol. The molecule has 0 aliphatic carbocycles. The third-order valence-corrected chi connectivity index (χ3v) is 3.01. The third-order valence-electron chi connectivity index (χ3n) is 3.01. The van der Waals surface area contributed by atoms with Crippen LogP contribution >= 0.6 is 0 Å². The number of carbonyl (C=O) groups excluding carboxylic acids is 2. The standard InChI is InChI=1S/C12H14N2O3/c1-7-3-2-4-9(15)11(7)14-6-8(12(13)17)5-10(14)16/h2-4,8,15H,5-6H2,1H3,(H2,13,17). The number of nitrogens with two attached hydrogens (primary N) is 1. The van der Waals surface area contributed by atoms with E-state index in [0.717, 1.165) is 5.56 Å². The second kappa shape index (κ2) is 4.08. The maximum absolute atomic E-state index is 11.8. The number of aromatic hydroxyl groups is 1. The summed E-state index contributed by atoms with van der Waals surface area (Å²) >= 11 is 0. The van der Waals surface area contributed by atoms with Crippen molar-refractivity contribution in [2.45, 2.75) is 13.3 Å². The second-order valence-corrected chi connectivity index (χ2v) is 4.25. The highest BCUT2D eigenvalue weighted by Gasteiger charge is 2.35. The van der Waals surface area contributed by atoms with Gasteiger partial charge < -0.3 is 15.7 Å². The molecule has 0 aromatic heterocycles. The fourth-order valence-electron chi connectivity index (χ4n) is 2.11. The summed E-state index contributed by atoms with van der Waals surface area (Å²) in [5.41, 5.74) is 6.46. The Balaban J connectivity index is 2.35. The van der Waals surface area contributed by atoms with Crippen LogP contribution in [0.5, 0.6) is 5.75 Å². The Morgan fingerprint density at radius 3 is 2.76 bits per heavy atom.